The summed E-state index contributed by atoms with van der Waals surface area (Å²) in [5.41, 5.74) is 0.996. The highest BCUT2D eigenvalue weighted by Crippen LogP contribution is 2.18. The molecule has 3 rings (SSSR count). The minimum absolute atomic E-state index is 0.621. The molecule has 0 aromatic heterocycles. The quantitative estimate of drug-likeness (QED) is 0.524. The lowest BCUT2D eigenvalue weighted by atomic mass is 10.3. The predicted molar refractivity (Wildman–Crippen MR) is 50.9 cm³/mol. The van der Waals surface area contributed by atoms with E-state index in [-0.39, 0.29) is 0 Å². The van der Waals surface area contributed by atoms with Gasteiger partial charge in [-0.2, -0.15) is 0 Å². The summed E-state index contributed by atoms with van der Waals surface area (Å²) < 4.78 is 0. The van der Waals surface area contributed by atoms with Crippen LogP contribution in [-0.4, -0.2) is 29.4 Å². The first-order valence-corrected chi connectivity index (χ1v) is 3.84. The second-order valence-electron chi connectivity index (χ2n) is 2.62. The highest BCUT2D eigenvalue weighted by molar-refractivity contribution is 6.13. The van der Waals surface area contributed by atoms with E-state index in [4.69, 9.17) is 0 Å². The van der Waals surface area contributed by atoms with Crippen LogP contribution in [0.3, 0.4) is 0 Å². The van der Waals surface area contributed by atoms with Crippen LogP contribution in [0.1, 0.15) is 0 Å². The molecule has 0 atom stereocenters. The summed E-state index contributed by atoms with van der Waals surface area (Å²) in [6.07, 6.45) is 8.69. The largest absolute Gasteiger partial charge is 0.247 e. The predicted octanol–water partition coefficient (Wildman–Crippen LogP) is 0.538. The van der Waals surface area contributed by atoms with Crippen LogP contribution < -0.4 is 0 Å². The third-order valence-corrected chi connectivity index (χ3v) is 1.88. The Balaban J connectivity index is 2.23. The van der Waals surface area contributed by atoms with Crippen molar-refractivity contribution in [3.63, 3.8) is 0 Å². The summed E-state index contributed by atoms with van der Waals surface area (Å²) in [5.74, 6) is 1.24. The second kappa shape index (κ2) is 2.22. The first kappa shape index (κ1) is 6.47. The van der Waals surface area contributed by atoms with Crippen molar-refractivity contribution in [3.8, 4) is 0 Å². The monoisotopic (exact) mass is 171 g/mol. The van der Waals surface area contributed by atoms with Crippen LogP contribution in [0.15, 0.2) is 44.0 Å². The first-order chi connectivity index (χ1) is 6.45. The molecular weight excluding hydrogens is 166 g/mol. The Morgan fingerprint density at radius 1 is 1.08 bits per heavy atom. The molecule has 3 aliphatic rings. The Hall–Kier alpha value is -2.04. The van der Waals surface area contributed by atoms with Gasteiger partial charge in [0.1, 0.15) is 6.34 Å². The van der Waals surface area contributed by atoms with E-state index in [2.05, 4.69) is 20.0 Å². The van der Waals surface area contributed by atoms with Crippen LogP contribution in [0, 0.1) is 0 Å². The van der Waals surface area contributed by atoms with Gasteiger partial charge in [-0.05, 0) is 12.2 Å². The molecule has 5 heteroatoms. The maximum absolute atomic E-state index is 4.10. The Morgan fingerprint density at radius 2 is 2.00 bits per heavy atom. The first-order valence-electron chi connectivity index (χ1n) is 3.84. The van der Waals surface area contributed by atoms with Crippen molar-refractivity contribution in [1.82, 2.24) is 4.90 Å². The third-order valence-electron chi connectivity index (χ3n) is 1.88. The van der Waals surface area contributed by atoms with E-state index in [1.54, 1.807) is 17.3 Å². The molecule has 3 heterocycles. The van der Waals surface area contributed by atoms with Gasteiger partial charge in [-0.1, -0.05) is 0 Å². The zero-order valence-corrected chi connectivity index (χ0v) is 6.62. The van der Waals surface area contributed by atoms with Crippen molar-refractivity contribution in [2.75, 3.05) is 0 Å². The molecule has 0 radical (unpaired) electrons. The molecule has 0 unspecified atom stereocenters. The fourth-order valence-corrected chi connectivity index (χ4v) is 1.32. The molecule has 13 heavy (non-hydrogen) atoms. The maximum atomic E-state index is 4.10. The van der Waals surface area contributed by atoms with Crippen LogP contribution in [-0.2, 0) is 0 Å². The van der Waals surface area contributed by atoms with Crippen molar-refractivity contribution in [2.24, 2.45) is 20.0 Å². The number of hydrogen-bond acceptors (Lipinski definition) is 5. The van der Waals surface area contributed by atoms with Gasteiger partial charge in [0.05, 0.1) is 5.70 Å². The van der Waals surface area contributed by atoms with Gasteiger partial charge in [0.2, 0.25) is 11.9 Å². The van der Waals surface area contributed by atoms with Gasteiger partial charge >= 0.3 is 0 Å². The van der Waals surface area contributed by atoms with Crippen molar-refractivity contribution in [3.05, 3.63) is 24.0 Å². The van der Waals surface area contributed by atoms with Crippen molar-refractivity contribution in [2.45, 2.75) is 0 Å². The van der Waals surface area contributed by atoms with Gasteiger partial charge in [-0.3, -0.25) is 0 Å². The highest BCUT2D eigenvalue weighted by Gasteiger charge is 2.25. The molecule has 0 aliphatic carbocycles. The average molecular weight is 171 g/mol. The maximum Gasteiger partial charge on any atom is 0.238 e. The van der Waals surface area contributed by atoms with E-state index in [1.807, 2.05) is 12.2 Å². The summed E-state index contributed by atoms with van der Waals surface area (Å²) in [7, 11) is 0. The zero-order chi connectivity index (χ0) is 8.67. The van der Waals surface area contributed by atoms with Crippen LogP contribution in [0.5, 0.6) is 0 Å². The smallest absolute Gasteiger partial charge is 0.238 e. The fourth-order valence-electron chi connectivity index (χ4n) is 1.32. The van der Waals surface area contributed by atoms with Gasteiger partial charge in [0, 0.05) is 12.4 Å². The summed E-state index contributed by atoms with van der Waals surface area (Å²) >= 11 is 0. The summed E-state index contributed by atoms with van der Waals surface area (Å²) in [6.45, 7) is 0. The van der Waals surface area contributed by atoms with Gasteiger partial charge < -0.3 is 0 Å². The van der Waals surface area contributed by atoms with Crippen molar-refractivity contribution < 1.29 is 0 Å². The zero-order valence-electron chi connectivity index (χ0n) is 6.62. The van der Waals surface area contributed by atoms with E-state index < -0.39 is 0 Å². The van der Waals surface area contributed by atoms with E-state index >= 15 is 0 Å². The van der Waals surface area contributed by atoms with Crippen molar-refractivity contribution in [1.29, 1.82) is 0 Å². The van der Waals surface area contributed by atoms with Crippen LogP contribution >= 0.6 is 0 Å². The third kappa shape index (κ3) is 0.807. The van der Waals surface area contributed by atoms with E-state index in [1.165, 1.54) is 6.34 Å². The van der Waals surface area contributed by atoms with E-state index in [9.17, 15) is 0 Å². The molecular formula is C8H5N5. The number of hydrogen-bond donors (Lipinski definition) is 0. The number of nitrogens with zero attached hydrogens (tertiary/aromatic N) is 5. The Morgan fingerprint density at radius 3 is 3.00 bits per heavy atom. The standard InChI is InChI=1S/C8H5N5/c1-3-9-7-11-5-12-8-10-4-2-6(1)13(7)8/h1-5H. The number of aliphatic imine (C=N–C) groups is 4. The van der Waals surface area contributed by atoms with Gasteiger partial charge in [0.25, 0.3) is 0 Å². The lowest BCUT2D eigenvalue weighted by Gasteiger charge is -2.28. The minimum Gasteiger partial charge on any atom is -0.247 e. The number of allylic oxidation sites excluding steroid dienone is 2. The number of rotatable bonds is 0. The summed E-state index contributed by atoms with van der Waals surface area (Å²) in [5, 5.41) is 0. The lowest BCUT2D eigenvalue weighted by Crippen LogP contribution is -2.38. The van der Waals surface area contributed by atoms with E-state index in [0.29, 0.717) is 11.9 Å². The molecule has 5 nitrogen and oxygen atoms in total. The van der Waals surface area contributed by atoms with Crippen LogP contribution in [0.2, 0.25) is 0 Å². The normalized spacial score (nSPS) is 22.2. The SMILES string of the molecule is C1=CC2=CC=NC3=NC=NC(=N1)N23. The molecule has 0 spiro atoms. The average Bonchev–Trinajstić information content (AvgIpc) is 2.19. The molecule has 0 N–H and O–H groups in total. The van der Waals surface area contributed by atoms with Gasteiger partial charge in [-0.25, -0.2) is 24.9 Å². The molecule has 0 fully saturated rings. The van der Waals surface area contributed by atoms with Gasteiger partial charge in [0.15, 0.2) is 0 Å². The summed E-state index contributed by atoms with van der Waals surface area (Å²) in [4.78, 5) is 18.1. The van der Waals surface area contributed by atoms with E-state index in [0.717, 1.165) is 5.70 Å². The second-order valence-corrected chi connectivity index (χ2v) is 2.62. The molecule has 0 bridgehead atoms. The Bertz CT molecular complexity index is 369. The van der Waals surface area contributed by atoms with Crippen LogP contribution in [0.25, 0.3) is 0 Å². The Labute approximate surface area is 74.2 Å². The fraction of sp³-hybridized carbons (Fsp3) is 0. The molecule has 0 saturated heterocycles. The van der Waals surface area contributed by atoms with Crippen LogP contribution in [0.4, 0.5) is 0 Å². The molecule has 0 aromatic carbocycles. The molecule has 0 amide bonds. The topological polar surface area (TPSA) is 52.7 Å². The molecule has 0 saturated carbocycles. The Kier molecular flexibility index (Phi) is 1.11. The molecule has 3 aliphatic heterocycles. The lowest BCUT2D eigenvalue weighted by molar-refractivity contribution is 0.737. The summed E-state index contributed by atoms with van der Waals surface area (Å²) in [6, 6.07) is 0. The van der Waals surface area contributed by atoms with Crippen molar-refractivity contribution >= 4 is 24.5 Å². The highest BCUT2D eigenvalue weighted by atomic mass is 15.4. The molecule has 62 valence electrons. The minimum atomic E-state index is 0.621. The molecule has 0 aromatic rings. The number of guanidine groups is 2. The van der Waals surface area contributed by atoms with Gasteiger partial charge in [-0.15, -0.1) is 0 Å².